The highest BCUT2D eigenvalue weighted by Crippen LogP contribution is 2.32. The van der Waals surface area contributed by atoms with Gasteiger partial charge in [0.2, 0.25) is 17.7 Å². The molecule has 1 aliphatic heterocycles. The van der Waals surface area contributed by atoms with E-state index < -0.39 is 11.2 Å². The van der Waals surface area contributed by atoms with Crippen molar-refractivity contribution in [2.24, 2.45) is 4.99 Å². The predicted molar refractivity (Wildman–Crippen MR) is 117 cm³/mol. The first-order chi connectivity index (χ1) is 14.4. The van der Waals surface area contributed by atoms with E-state index in [0.717, 1.165) is 16.7 Å². The number of amides is 3. The molecular formula is C20H16ClN5O3S. The highest BCUT2D eigenvalue weighted by Gasteiger charge is 2.40. The summed E-state index contributed by atoms with van der Waals surface area (Å²) in [6, 6.07) is 13.2. The number of aliphatic imine (C=N–C) groups is 1. The number of halogens is 1. The summed E-state index contributed by atoms with van der Waals surface area (Å²) in [4.78, 5) is 41.9. The van der Waals surface area contributed by atoms with E-state index in [4.69, 9.17) is 16.9 Å². The zero-order chi connectivity index (χ0) is 21.7. The molecule has 1 fully saturated rings. The molecule has 1 saturated heterocycles. The number of anilines is 2. The number of imide groups is 1. The van der Waals surface area contributed by atoms with Crippen LogP contribution in [0.25, 0.3) is 0 Å². The average molecular weight is 442 g/mol. The van der Waals surface area contributed by atoms with Crippen molar-refractivity contribution in [3.63, 3.8) is 0 Å². The Morgan fingerprint density at radius 2 is 1.93 bits per heavy atom. The lowest BCUT2D eigenvalue weighted by Crippen LogP contribution is -2.32. The zero-order valence-corrected chi connectivity index (χ0v) is 17.3. The molecule has 3 amide bonds. The molecule has 0 spiro atoms. The second-order valence-corrected chi connectivity index (χ2v) is 7.81. The predicted octanol–water partition coefficient (Wildman–Crippen LogP) is 3.42. The maximum Gasteiger partial charge on any atom is 0.247 e. The van der Waals surface area contributed by atoms with Gasteiger partial charge in [-0.1, -0.05) is 35.5 Å². The molecule has 1 aliphatic rings. The molecule has 8 nitrogen and oxygen atoms in total. The molecular weight excluding hydrogens is 426 g/mol. The Morgan fingerprint density at radius 1 is 1.23 bits per heavy atom. The quantitative estimate of drug-likeness (QED) is 0.247. The van der Waals surface area contributed by atoms with E-state index in [9.17, 15) is 14.4 Å². The van der Waals surface area contributed by atoms with Crippen molar-refractivity contribution in [2.75, 3.05) is 10.2 Å². The van der Waals surface area contributed by atoms with Gasteiger partial charge in [-0.25, -0.2) is 9.89 Å². The molecule has 0 saturated carbocycles. The third kappa shape index (κ3) is 4.97. The van der Waals surface area contributed by atoms with Gasteiger partial charge in [0.25, 0.3) is 0 Å². The number of nitrogens with zero attached hydrogens (tertiary/aromatic N) is 3. The summed E-state index contributed by atoms with van der Waals surface area (Å²) in [7, 11) is 0. The van der Waals surface area contributed by atoms with Gasteiger partial charge in [0.1, 0.15) is 5.25 Å². The number of nitriles is 1. The molecule has 152 valence electrons. The lowest BCUT2D eigenvalue weighted by Gasteiger charge is -2.15. The fourth-order valence-electron chi connectivity index (χ4n) is 2.78. The van der Waals surface area contributed by atoms with Crippen molar-refractivity contribution in [3.8, 4) is 6.19 Å². The zero-order valence-electron chi connectivity index (χ0n) is 15.8. The largest absolute Gasteiger partial charge is 0.326 e. The lowest BCUT2D eigenvalue weighted by atomic mass is 10.2. The van der Waals surface area contributed by atoms with E-state index >= 15 is 0 Å². The monoisotopic (exact) mass is 441 g/mol. The van der Waals surface area contributed by atoms with Gasteiger partial charge in [0, 0.05) is 19.0 Å². The average Bonchev–Trinajstić information content (AvgIpc) is 2.97. The summed E-state index contributed by atoms with van der Waals surface area (Å²) in [5.41, 5.74) is 1.40. The first-order valence-electron chi connectivity index (χ1n) is 8.78. The highest BCUT2D eigenvalue weighted by molar-refractivity contribution is 8.15. The molecule has 2 aromatic rings. The minimum Gasteiger partial charge on any atom is -0.326 e. The Bertz CT molecular complexity index is 1060. The summed E-state index contributed by atoms with van der Waals surface area (Å²) < 4.78 is 0. The van der Waals surface area contributed by atoms with E-state index in [1.807, 2.05) is 0 Å². The third-order valence-electron chi connectivity index (χ3n) is 4.04. The molecule has 0 aromatic heterocycles. The van der Waals surface area contributed by atoms with Gasteiger partial charge < -0.3 is 5.32 Å². The number of rotatable bonds is 4. The molecule has 1 atom stereocenters. The first kappa shape index (κ1) is 21.4. The number of thioether (sulfide) groups is 1. The minimum atomic E-state index is -0.741. The van der Waals surface area contributed by atoms with Crippen LogP contribution in [-0.4, -0.2) is 28.1 Å². The van der Waals surface area contributed by atoms with Crippen LogP contribution in [0.15, 0.2) is 53.5 Å². The second kappa shape index (κ2) is 9.43. The number of para-hydroxylation sites is 1. The Hall–Kier alpha value is -3.35. The molecule has 3 rings (SSSR count). The van der Waals surface area contributed by atoms with Crippen LogP contribution < -0.4 is 15.5 Å². The fraction of sp³-hybridized carbons (Fsp3) is 0.150. The van der Waals surface area contributed by atoms with E-state index in [1.165, 1.54) is 6.92 Å². The van der Waals surface area contributed by atoms with Crippen LogP contribution in [0.5, 0.6) is 0 Å². The number of nitrogens with one attached hydrogen (secondary N) is 2. The van der Waals surface area contributed by atoms with Crippen molar-refractivity contribution in [3.05, 3.63) is 53.6 Å². The molecule has 0 bridgehead atoms. The maximum atomic E-state index is 12.9. The molecule has 0 radical (unpaired) electrons. The Labute approximate surface area is 181 Å². The second-order valence-electron chi connectivity index (χ2n) is 6.21. The van der Waals surface area contributed by atoms with Crippen LogP contribution >= 0.6 is 23.4 Å². The van der Waals surface area contributed by atoms with Crippen LogP contribution in [0, 0.1) is 11.5 Å². The van der Waals surface area contributed by atoms with Crippen LogP contribution in [0.4, 0.5) is 17.1 Å². The summed E-state index contributed by atoms with van der Waals surface area (Å²) in [5, 5.41) is 13.9. The van der Waals surface area contributed by atoms with Crippen molar-refractivity contribution < 1.29 is 14.4 Å². The van der Waals surface area contributed by atoms with Gasteiger partial charge in [-0.2, -0.15) is 5.26 Å². The number of hydrogen-bond donors (Lipinski definition) is 2. The number of carbonyl (C=O) groups excluding carboxylic acids is 3. The summed E-state index contributed by atoms with van der Waals surface area (Å²) >= 11 is 7.09. The summed E-state index contributed by atoms with van der Waals surface area (Å²) in [6.07, 6.45) is 1.75. The van der Waals surface area contributed by atoms with Crippen molar-refractivity contribution in [1.82, 2.24) is 5.32 Å². The van der Waals surface area contributed by atoms with Crippen LogP contribution in [0.1, 0.15) is 13.3 Å². The summed E-state index contributed by atoms with van der Waals surface area (Å²) in [6.45, 7) is 1.39. The van der Waals surface area contributed by atoms with Crippen molar-refractivity contribution in [1.29, 1.82) is 5.26 Å². The van der Waals surface area contributed by atoms with Crippen LogP contribution in [0.3, 0.4) is 0 Å². The van der Waals surface area contributed by atoms with Crippen molar-refractivity contribution in [2.45, 2.75) is 18.6 Å². The number of carbonyl (C=O) groups is 3. The van der Waals surface area contributed by atoms with Crippen molar-refractivity contribution >= 4 is 63.3 Å². The first-order valence-corrected chi connectivity index (χ1v) is 10.0. The Kier molecular flexibility index (Phi) is 6.72. The van der Waals surface area contributed by atoms with Gasteiger partial charge in [-0.3, -0.25) is 19.7 Å². The Balaban J connectivity index is 1.78. The van der Waals surface area contributed by atoms with E-state index in [0.29, 0.717) is 22.1 Å². The van der Waals surface area contributed by atoms with Crippen LogP contribution in [0.2, 0.25) is 5.02 Å². The maximum absolute atomic E-state index is 12.9. The molecule has 1 unspecified atom stereocenters. The van der Waals surface area contributed by atoms with Gasteiger partial charge in [0.05, 0.1) is 16.4 Å². The number of hydrogen-bond acceptors (Lipinski definition) is 6. The molecule has 2 aromatic carbocycles. The number of amidine groups is 1. The normalized spacial score (nSPS) is 16.4. The van der Waals surface area contributed by atoms with Gasteiger partial charge in [0.15, 0.2) is 11.4 Å². The topological polar surface area (TPSA) is 115 Å². The van der Waals surface area contributed by atoms with E-state index in [1.54, 1.807) is 54.7 Å². The Morgan fingerprint density at radius 3 is 2.57 bits per heavy atom. The van der Waals surface area contributed by atoms with Crippen LogP contribution in [-0.2, 0) is 14.4 Å². The molecule has 2 N–H and O–H groups in total. The van der Waals surface area contributed by atoms with E-state index in [-0.39, 0.29) is 23.4 Å². The fourth-order valence-corrected chi connectivity index (χ4v) is 3.92. The van der Waals surface area contributed by atoms with Gasteiger partial charge in [-0.15, -0.1) is 0 Å². The highest BCUT2D eigenvalue weighted by atomic mass is 35.5. The smallest absolute Gasteiger partial charge is 0.247 e. The third-order valence-corrected chi connectivity index (χ3v) is 5.43. The molecule has 1 heterocycles. The van der Waals surface area contributed by atoms with Gasteiger partial charge in [-0.05, 0) is 36.4 Å². The lowest BCUT2D eigenvalue weighted by molar-refractivity contribution is -0.121. The van der Waals surface area contributed by atoms with E-state index in [2.05, 4.69) is 15.6 Å². The SMILES string of the molecule is CC(=O)Nc1ccc(N2C(=O)CC(SC(=Nc3ccccc3Cl)NC#N)C2=O)cc1. The van der Waals surface area contributed by atoms with Gasteiger partial charge >= 0.3 is 0 Å². The summed E-state index contributed by atoms with van der Waals surface area (Å²) in [5.74, 6) is -0.995. The standard InChI is InChI=1S/C20H16ClN5O3S/c1-12(27)24-13-6-8-14(9-7-13)26-18(28)10-17(19(26)29)30-20(23-11-22)25-16-5-3-2-4-15(16)21/h2-9,17H,10H2,1H3,(H,23,25)(H,24,27). The molecule has 0 aliphatic carbocycles. The number of benzene rings is 2. The molecule has 30 heavy (non-hydrogen) atoms. The minimum absolute atomic E-state index is 0.0361. The molecule has 10 heteroatoms.